The molecular weight excluding hydrogens is 423 g/mol. The van der Waals surface area contributed by atoms with E-state index >= 15 is 0 Å². The fraction of sp³-hybridized carbons (Fsp3) is 0.174. The molecule has 0 bridgehead atoms. The molecule has 0 saturated carbocycles. The van der Waals surface area contributed by atoms with Gasteiger partial charge in [0.25, 0.3) is 0 Å². The molecule has 0 spiro atoms. The summed E-state index contributed by atoms with van der Waals surface area (Å²) in [4.78, 5) is 11.1. The Morgan fingerprint density at radius 3 is 2.43 bits per heavy atom. The second-order valence-corrected chi connectivity index (χ2v) is 7.63. The first kappa shape index (κ1) is 22.1. The van der Waals surface area contributed by atoms with Crippen LogP contribution >= 0.6 is 23.2 Å². The van der Waals surface area contributed by atoms with Gasteiger partial charge in [0.2, 0.25) is 0 Å². The molecule has 5 nitrogen and oxygen atoms in total. The average Bonchev–Trinajstić information content (AvgIpc) is 2.73. The molecule has 0 aliphatic rings. The van der Waals surface area contributed by atoms with Crippen LogP contribution in [0.15, 0.2) is 66.7 Å². The van der Waals surface area contributed by atoms with Crippen molar-refractivity contribution in [3.8, 4) is 11.1 Å². The Hall–Kier alpha value is -2.57. The van der Waals surface area contributed by atoms with Crippen molar-refractivity contribution < 1.29 is 15.0 Å². The zero-order chi connectivity index (χ0) is 21.5. The highest BCUT2D eigenvalue weighted by Crippen LogP contribution is 2.27. The molecule has 0 amide bonds. The minimum Gasteiger partial charge on any atom is -0.478 e. The summed E-state index contributed by atoms with van der Waals surface area (Å²) in [5, 5.41) is 26.7. The molecular formula is C23H22Cl2N2O3. The molecule has 30 heavy (non-hydrogen) atoms. The smallest absolute Gasteiger partial charge is 0.337 e. The zero-order valence-corrected chi connectivity index (χ0v) is 17.6. The monoisotopic (exact) mass is 444 g/mol. The summed E-state index contributed by atoms with van der Waals surface area (Å²) in [7, 11) is 0. The van der Waals surface area contributed by atoms with Crippen molar-refractivity contribution in [3.05, 3.63) is 87.9 Å². The molecule has 4 N–H and O–H groups in total. The molecule has 7 heteroatoms. The molecule has 3 aromatic carbocycles. The van der Waals surface area contributed by atoms with Gasteiger partial charge in [-0.05, 0) is 53.1 Å². The van der Waals surface area contributed by atoms with E-state index < -0.39 is 12.1 Å². The number of aliphatic hydroxyl groups is 1. The Bertz CT molecular complexity index is 1030. The zero-order valence-electron chi connectivity index (χ0n) is 16.1. The molecule has 0 fully saturated rings. The van der Waals surface area contributed by atoms with Crippen molar-refractivity contribution in [1.82, 2.24) is 5.32 Å². The number of hydrogen-bond acceptors (Lipinski definition) is 4. The highest BCUT2D eigenvalue weighted by atomic mass is 35.5. The van der Waals surface area contributed by atoms with Gasteiger partial charge in [-0.25, -0.2) is 4.79 Å². The number of anilines is 1. The number of carbonyl (C=O) groups is 1. The number of halogens is 2. The van der Waals surface area contributed by atoms with E-state index in [0.717, 1.165) is 22.4 Å². The Morgan fingerprint density at radius 1 is 0.933 bits per heavy atom. The van der Waals surface area contributed by atoms with E-state index in [4.69, 9.17) is 28.3 Å². The van der Waals surface area contributed by atoms with Gasteiger partial charge >= 0.3 is 5.97 Å². The van der Waals surface area contributed by atoms with Crippen molar-refractivity contribution in [2.45, 2.75) is 6.10 Å². The molecule has 0 radical (unpaired) electrons. The first-order valence-electron chi connectivity index (χ1n) is 9.45. The van der Waals surface area contributed by atoms with Crippen LogP contribution in [0.25, 0.3) is 11.1 Å². The third-order valence-electron chi connectivity index (χ3n) is 4.60. The number of aromatic carboxylic acids is 1. The minimum atomic E-state index is -1.05. The van der Waals surface area contributed by atoms with E-state index in [0.29, 0.717) is 24.7 Å². The Labute approximate surface area is 185 Å². The summed E-state index contributed by atoms with van der Waals surface area (Å²) in [6, 6.07) is 19.9. The van der Waals surface area contributed by atoms with Crippen LogP contribution in [0.5, 0.6) is 0 Å². The molecule has 0 unspecified atom stereocenters. The van der Waals surface area contributed by atoms with Crippen LogP contribution in [-0.2, 0) is 0 Å². The largest absolute Gasteiger partial charge is 0.478 e. The van der Waals surface area contributed by atoms with Crippen LogP contribution in [0.4, 0.5) is 5.69 Å². The van der Waals surface area contributed by atoms with E-state index in [-0.39, 0.29) is 10.6 Å². The summed E-state index contributed by atoms with van der Waals surface area (Å²) >= 11 is 12.0. The maximum absolute atomic E-state index is 11.1. The van der Waals surface area contributed by atoms with E-state index in [2.05, 4.69) is 10.6 Å². The second-order valence-electron chi connectivity index (χ2n) is 6.78. The summed E-state index contributed by atoms with van der Waals surface area (Å²) < 4.78 is 0. The first-order valence-corrected chi connectivity index (χ1v) is 10.2. The van der Waals surface area contributed by atoms with Crippen molar-refractivity contribution in [1.29, 1.82) is 0 Å². The number of rotatable bonds is 9. The van der Waals surface area contributed by atoms with E-state index in [1.54, 1.807) is 24.3 Å². The molecule has 1 atom stereocenters. The van der Waals surface area contributed by atoms with Crippen LogP contribution in [0.3, 0.4) is 0 Å². The number of nitrogens with one attached hydrogen (secondary N) is 2. The summed E-state index contributed by atoms with van der Waals surface area (Å²) in [6.45, 7) is 1.77. The maximum Gasteiger partial charge on any atom is 0.337 e. The normalized spacial score (nSPS) is 11.8. The molecule has 3 rings (SSSR count). The lowest BCUT2D eigenvalue weighted by atomic mass is 10.0. The quantitative estimate of drug-likeness (QED) is 0.345. The van der Waals surface area contributed by atoms with Gasteiger partial charge in [0.05, 0.1) is 16.7 Å². The SMILES string of the molecule is O=C(O)c1ccc(-c2cccc(NCCNC[C@H](O)c3cccc(Cl)c3)c2)cc1Cl. The lowest BCUT2D eigenvalue weighted by Gasteiger charge is -2.13. The van der Waals surface area contributed by atoms with Gasteiger partial charge in [-0.15, -0.1) is 0 Å². The highest BCUT2D eigenvalue weighted by molar-refractivity contribution is 6.33. The Kier molecular flexibility index (Phi) is 7.71. The van der Waals surface area contributed by atoms with Crippen molar-refractivity contribution in [3.63, 3.8) is 0 Å². The van der Waals surface area contributed by atoms with Crippen molar-refractivity contribution in [2.75, 3.05) is 25.0 Å². The number of benzene rings is 3. The second kappa shape index (κ2) is 10.5. The number of carboxylic acid groups (broad SMARTS) is 1. The van der Waals surface area contributed by atoms with Crippen LogP contribution in [-0.4, -0.2) is 35.8 Å². The fourth-order valence-corrected chi connectivity index (χ4v) is 3.50. The highest BCUT2D eigenvalue weighted by Gasteiger charge is 2.10. The molecule has 156 valence electrons. The topological polar surface area (TPSA) is 81.6 Å². The van der Waals surface area contributed by atoms with E-state index in [9.17, 15) is 9.90 Å². The average molecular weight is 445 g/mol. The number of carboxylic acids is 1. The molecule has 3 aromatic rings. The van der Waals surface area contributed by atoms with E-state index in [1.165, 1.54) is 6.07 Å². The molecule has 0 saturated heterocycles. The van der Waals surface area contributed by atoms with Gasteiger partial charge in [-0.3, -0.25) is 0 Å². The van der Waals surface area contributed by atoms with Gasteiger partial charge in [0.1, 0.15) is 0 Å². The molecule has 0 aromatic heterocycles. The number of aliphatic hydroxyl groups excluding tert-OH is 1. The maximum atomic E-state index is 11.1. The van der Waals surface area contributed by atoms with Crippen LogP contribution in [0.2, 0.25) is 10.0 Å². The molecule has 0 aliphatic heterocycles. The van der Waals surface area contributed by atoms with E-state index in [1.807, 2.05) is 36.4 Å². The summed E-state index contributed by atoms with van der Waals surface area (Å²) in [5.74, 6) is -1.05. The summed E-state index contributed by atoms with van der Waals surface area (Å²) in [6.07, 6.45) is -0.620. The summed E-state index contributed by atoms with van der Waals surface area (Å²) in [5.41, 5.74) is 3.58. The van der Waals surface area contributed by atoms with Crippen LogP contribution in [0.1, 0.15) is 22.0 Å². The van der Waals surface area contributed by atoms with Crippen LogP contribution in [0, 0.1) is 0 Å². The lowest BCUT2D eigenvalue weighted by Crippen LogP contribution is -2.26. The predicted octanol–water partition coefficient (Wildman–Crippen LogP) is 5.09. The third kappa shape index (κ3) is 5.97. The first-order chi connectivity index (χ1) is 14.4. The van der Waals surface area contributed by atoms with Gasteiger partial charge in [0, 0.05) is 30.3 Å². The van der Waals surface area contributed by atoms with Gasteiger partial charge in [0.15, 0.2) is 0 Å². The standard InChI is InChI=1S/C23H22Cl2N2O3/c24-18-5-1-4-17(11-18)22(28)14-26-9-10-27-19-6-2-3-15(12-19)16-7-8-20(23(29)30)21(25)13-16/h1-8,11-13,22,26-28H,9-10,14H2,(H,29,30)/t22-/m0/s1. The Morgan fingerprint density at radius 2 is 1.70 bits per heavy atom. The minimum absolute atomic E-state index is 0.0840. The number of hydrogen-bond donors (Lipinski definition) is 4. The predicted molar refractivity (Wildman–Crippen MR) is 122 cm³/mol. The van der Waals surface area contributed by atoms with Gasteiger partial charge in [-0.2, -0.15) is 0 Å². The van der Waals surface area contributed by atoms with Gasteiger partial charge in [-0.1, -0.05) is 53.5 Å². The van der Waals surface area contributed by atoms with Crippen LogP contribution < -0.4 is 10.6 Å². The lowest BCUT2D eigenvalue weighted by molar-refractivity contribution is 0.0697. The molecule has 0 heterocycles. The van der Waals surface area contributed by atoms with Crippen molar-refractivity contribution in [2.24, 2.45) is 0 Å². The van der Waals surface area contributed by atoms with Crippen molar-refractivity contribution >= 4 is 34.9 Å². The van der Waals surface area contributed by atoms with Gasteiger partial charge < -0.3 is 20.8 Å². The molecule has 0 aliphatic carbocycles. The Balaban J connectivity index is 1.51. The fourth-order valence-electron chi connectivity index (χ4n) is 3.04. The third-order valence-corrected chi connectivity index (χ3v) is 5.15.